The highest BCUT2D eigenvalue weighted by molar-refractivity contribution is 5.65. The second-order valence-corrected chi connectivity index (χ2v) is 11.7. The summed E-state index contributed by atoms with van der Waals surface area (Å²) in [4.78, 5) is 20.0. The second kappa shape index (κ2) is 17.9. The van der Waals surface area contributed by atoms with Crippen molar-refractivity contribution in [3.63, 3.8) is 0 Å². The lowest BCUT2D eigenvalue weighted by molar-refractivity contribution is -0.0899. The van der Waals surface area contributed by atoms with E-state index < -0.39 is 18.3 Å². The molecule has 1 amide bonds. The molecule has 256 valence electrons. The summed E-state index contributed by atoms with van der Waals surface area (Å²) in [5, 5.41) is 14.2. The number of benzene rings is 2. The van der Waals surface area contributed by atoms with Crippen molar-refractivity contribution in [1.82, 2.24) is 19.7 Å². The van der Waals surface area contributed by atoms with Crippen molar-refractivity contribution in [3.05, 3.63) is 66.2 Å². The standard InChI is InChI=1S/C34H47N5O8/c1-42-15-3-12-37-14-19-46-30-11-6-26(20-29(30)37)23-47-32-22-38(34(40)41)21-31(45-17-4-13-39-25-35-24-36-39)33(32)27-7-9-28(10-8-27)44-18-5-16-43-2/h6-11,20,24-25,31-33H,3-5,12-19,21-23H2,1-2H3,(H,40,41)/t31-,32+,33+/m1/s1. The molecule has 3 atom stereocenters. The van der Waals surface area contributed by atoms with Gasteiger partial charge in [0.05, 0.1) is 50.7 Å². The lowest BCUT2D eigenvalue weighted by Crippen LogP contribution is -2.54. The Morgan fingerprint density at radius 2 is 1.70 bits per heavy atom. The molecule has 0 saturated carbocycles. The van der Waals surface area contributed by atoms with Crippen molar-refractivity contribution in [3.8, 4) is 11.5 Å². The summed E-state index contributed by atoms with van der Waals surface area (Å²) in [5.41, 5.74) is 3.03. The average molecular weight is 654 g/mol. The van der Waals surface area contributed by atoms with Crippen LogP contribution in [0.1, 0.15) is 36.3 Å². The Labute approximate surface area is 276 Å². The SMILES string of the molecule is COCCCOc1ccc([C@@H]2[C@@H](OCc3ccc4c(c3)N(CCCOC)CCO4)CN(C(=O)O)C[C@H]2OCCCn2cncn2)cc1. The number of nitrogens with zero attached hydrogens (tertiary/aromatic N) is 5. The van der Waals surface area contributed by atoms with Crippen molar-refractivity contribution in [2.24, 2.45) is 0 Å². The van der Waals surface area contributed by atoms with Crippen LogP contribution in [0.2, 0.25) is 0 Å². The molecule has 0 spiro atoms. The maximum atomic E-state index is 12.3. The van der Waals surface area contributed by atoms with Crippen LogP contribution in [-0.2, 0) is 32.1 Å². The van der Waals surface area contributed by atoms with Crippen LogP contribution in [0.25, 0.3) is 0 Å². The van der Waals surface area contributed by atoms with Crippen LogP contribution in [-0.4, -0.2) is 117 Å². The molecule has 0 radical (unpaired) electrons. The number of aryl methyl sites for hydroxylation is 1. The summed E-state index contributed by atoms with van der Waals surface area (Å²) in [7, 11) is 3.39. The fourth-order valence-electron chi connectivity index (χ4n) is 6.11. The van der Waals surface area contributed by atoms with Crippen LogP contribution >= 0.6 is 0 Å². The van der Waals surface area contributed by atoms with E-state index in [2.05, 4.69) is 21.0 Å². The molecule has 13 heteroatoms. The highest BCUT2D eigenvalue weighted by Gasteiger charge is 2.41. The maximum Gasteiger partial charge on any atom is 0.407 e. The molecule has 5 rings (SSSR count). The van der Waals surface area contributed by atoms with Crippen molar-refractivity contribution >= 4 is 11.8 Å². The predicted molar refractivity (Wildman–Crippen MR) is 174 cm³/mol. The largest absolute Gasteiger partial charge is 0.494 e. The van der Waals surface area contributed by atoms with Gasteiger partial charge in [0.15, 0.2) is 0 Å². The van der Waals surface area contributed by atoms with Gasteiger partial charge in [0, 0.05) is 59.5 Å². The Balaban J connectivity index is 1.33. The Morgan fingerprint density at radius 1 is 0.936 bits per heavy atom. The summed E-state index contributed by atoms with van der Waals surface area (Å²) in [6, 6.07) is 14.1. The Bertz CT molecular complexity index is 1360. The second-order valence-electron chi connectivity index (χ2n) is 11.7. The van der Waals surface area contributed by atoms with E-state index in [1.165, 1.54) is 11.2 Å². The Morgan fingerprint density at radius 3 is 2.45 bits per heavy atom. The smallest absolute Gasteiger partial charge is 0.407 e. The van der Waals surface area contributed by atoms with E-state index in [0.29, 0.717) is 52.6 Å². The van der Waals surface area contributed by atoms with E-state index in [4.69, 9.17) is 28.4 Å². The number of piperidine rings is 1. The monoisotopic (exact) mass is 653 g/mol. The molecule has 1 aromatic heterocycles. The summed E-state index contributed by atoms with van der Waals surface area (Å²) in [5.74, 6) is 1.42. The quantitative estimate of drug-likeness (QED) is 0.200. The number of rotatable bonds is 18. The third kappa shape index (κ3) is 9.80. The number of aromatic nitrogens is 3. The molecule has 1 N–H and O–H groups in total. The molecule has 0 bridgehead atoms. The number of likely N-dealkylation sites (tertiary alicyclic amines) is 1. The first-order valence-corrected chi connectivity index (χ1v) is 16.3. The molecule has 47 heavy (non-hydrogen) atoms. The predicted octanol–water partition coefficient (Wildman–Crippen LogP) is 4.07. The lowest BCUT2D eigenvalue weighted by Gasteiger charge is -2.42. The molecule has 1 saturated heterocycles. The van der Waals surface area contributed by atoms with Crippen LogP contribution in [0.15, 0.2) is 55.1 Å². The minimum absolute atomic E-state index is 0.203. The van der Waals surface area contributed by atoms with Crippen molar-refractivity contribution in [2.75, 3.05) is 78.3 Å². The van der Waals surface area contributed by atoms with E-state index in [9.17, 15) is 9.90 Å². The number of methoxy groups -OCH3 is 2. The number of carbonyl (C=O) groups is 1. The van der Waals surface area contributed by atoms with Gasteiger partial charge < -0.3 is 43.3 Å². The first-order valence-electron chi connectivity index (χ1n) is 16.3. The maximum absolute atomic E-state index is 12.3. The highest BCUT2D eigenvalue weighted by atomic mass is 16.5. The van der Waals surface area contributed by atoms with E-state index in [0.717, 1.165) is 54.2 Å². The molecule has 2 aliphatic rings. The third-order valence-corrected chi connectivity index (χ3v) is 8.45. The first-order chi connectivity index (χ1) is 23.1. The van der Waals surface area contributed by atoms with Crippen LogP contribution in [0.3, 0.4) is 0 Å². The Kier molecular flexibility index (Phi) is 13.1. The number of ether oxygens (including phenoxy) is 6. The molecular weight excluding hydrogens is 606 g/mol. The number of anilines is 1. The number of hydrogen-bond donors (Lipinski definition) is 1. The molecule has 3 aromatic rings. The number of fused-ring (bicyclic) bond motifs is 1. The van der Waals surface area contributed by atoms with Gasteiger partial charge in [0.1, 0.15) is 30.8 Å². The van der Waals surface area contributed by atoms with Gasteiger partial charge in [-0.25, -0.2) is 9.78 Å². The lowest BCUT2D eigenvalue weighted by atomic mass is 9.84. The van der Waals surface area contributed by atoms with Gasteiger partial charge in [-0.2, -0.15) is 5.10 Å². The summed E-state index contributed by atoms with van der Waals surface area (Å²) < 4.78 is 37.0. The summed E-state index contributed by atoms with van der Waals surface area (Å²) in [6.45, 7) is 6.08. The zero-order valence-electron chi connectivity index (χ0n) is 27.4. The molecule has 0 aliphatic carbocycles. The number of amides is 1. The van der Waals surface area contributed by atoms with Crippen LogP contribution in [0.4, 0.5) is 10.5 Å². The fourth-order valence-corrected chi connectivity index (χ4v) is 6.11. The van der Waals surface area contributed by atoms with Gasteiger partial charge in [0.25, 0.3) is 0 Å². The molecule has 13 nitrogen and oxygen atoms in total. The van der Waals surface area contributed by atoms with Crippen LogP contribution in [0.5, 0.6) is 11.5 Å². The summed E-state index contributed by atoms with van der Waals surface area (Å²) in [6.07, 6.45) is 3.74. The molecule has 2 aliphatic heterocycles. The van der Waals surface area contributed by atoms with Crippen molar-refractivity contribution in [2.45, 2.75) is 50.5 Å². The average Bonchev–Trinajstić information content (AvgIpc) is 3.62. The molecule has 3 heterocycles. The van der Waals surface area contributed by atoms with Crippen molar-refractivity contribution in [1.29, 1.82) is 0 Å². The number of carboxylic acid groups (broad SMARTS) is 1. The zero-order valence-corrected chi connectivity index (χ0v) is 27.4. The van der Waals surface area contributed by atoms with Crippen LogP contribution < -0.4 is 14.4 Å². The van der Waals surface area contributed by atoms with E-state index in [-0.39, 0.29) is 19.0 Å². The van der Waals surface area contributed by atoms with E-state index in [1.807, 2.05) is 36.4 Å². The highest BCUT2D eigenvalue weighted by Crippen LogP contribution is 2.36. The third-order valence-electron chi connectivity index (χ3n) is 8.45. The van der Waals surface area contributed by atoms with Gasteiger partial charge >= 0.3 is 6.09 Å². The van der Waals surface area contributed by atoms with Crippen LogP contribution in [0, 0.1) is 0 Å². The van der Waals surface area contributed by atoms with Gasteiger partial charge in [0.2, 0.25) is 0 Å². The fraction of sp³-hybridized carbons (Fsp3) is 0.559. The minimum atomic E-state index is -0.995. The minimum Gasteiger partial charge on any atom is -0.494 e. The van der Waals surface area contributed by atoms with Crippen molar-refractivity contribution < 1.29 is 38.3 Å². The zero-order chi connectivity index (χ0) is 32.8. The first kappa shape index (κ1) is 34.4. The normalized spacial score (nSPS) is 19.3. The summed E-state index contributed by atoms with van der Waals surface area (Å²) >= 11 is 0. The van der Waals surface area contributed by atoms with Gasteiger partial charge in [-0.1, -0.05) is 18.2 Å². The van der Waals surface area contributed by atoms with Gasteiger partial charge in [-0.15, -0.1) is 0 Å². The Hall–Kier alpha value is -3.91. The van der Waals surface area contributed by atoms with Gasteiger partial charge in [-0.3, -0.25) is 4.68 Å². The topological polar surface area (TPSA) is 130 Å². The van der Waals surface area contributed by atoms with E-state index >= 15 is 0 Å². The van der Waals surface area contributed by atoms with E-state index in [1.54, 1.807) is 25.2 Å². The number of hydrogen-bond acceptors (Lipinski definition) is 10. The molecular formula is C34H47N5O8. The molecule has 1 fully saturated rings. The van der Waals surface area contributed by atoms with Gasteiger partial charge in [-0.05, 0) is 48.2 Å². The molecule has 0 unspecified atom stereocenters. The molecule has 2 aromatic carbocycles.